The number of hydrogen-bond acceptors (Lipinski definition) is 4. The molecule has 0 radical (unpaired) electrons. The van der Waals surface area contributed by atoms with Gasteiger partial charge < -0.3 is 11.1 Å². The normalized spacial score (nSPS) is 23.2. The Balaban J connectivity index is 1.75. The second-order valence-corrected chi connectivity index (χ2v) is 4.90. The van der Waals surface area contributed by atoms with E-state index in [1.165, 1.54) is 0 Å². The van der Waals surface area contributed by atoms with E-state index in [1.807, 2.05) is 12.1 Å². The maximum atomic E-state index is 10.5. The molecule has 1 aliphatic rings. The maximum Gasteiger partial charge on any atom is 0.269 e. The molecule has 1 saturated carbocycles. The van der Waals surface area contributed by atoms with Gasteiger partial charge in [-0.15, -0.1) is 0 Å². The lowest BCUT2D eigenvalue weighted by Gasteiger charge is -2.11. The van der Waals surface area contributed by atoms with Gasteiger partial charge in [-0.3, -0.25) is 10.1 Å². The third-order valence-corrected chi connectivity index (χ3v) is 3.47. The highest BCUT2D eigenvalue weighted by atomic mass is 16.6. The Bertz CT molecular complexity index is 405. The Kier molecular flexibility index (Phi) is 4.28. The van der Waals surface area contributed by atoms with E-state index < -0.39 is 0 Å². The van der Waals surface area contributed by atoms with Crippen LogP contribution in [0.4, 0.5) is 5.69 Å². The Morgan fingerprint density at radius 1 is 1.33 bits per heavy atom. The first-order valence-electron chi connectivity index (χ1n) is 6.37. The molecule has 0 aromatic heterocycles. The van der Waals surface area contributed by atoms with Crippen molar-refractivity contribution in [3.8, 4) is 0 Å². The minimum absolute atomic E-state index is 0.147. The SMILES string of the molecule is NC1CCC(NCCc2ccc([N+](=O)[O-])cc2)C1. The summed E-state index contributed by atoms with van der Waals surface area (Å²) in [6, 6.07) is 7.64. The van der Waals surface area contributed by atoms with E-state index in [9.17, 15) is 10.1 Å². The van der Waals surface area contributed by atoms with Crippen LogP contribution in [0.3, 0.4) is 0 Å². The lowest BCUT2D eigenvalue weighted by Crippen LogP contribution is -2.30. The number of nitrogens with zero attached hydrogens (tertiary/aromatic N) is 1. The van der Waals surface area contributed by atoms with Crippen molar-refractivity contribution in [3.05, 3.63) is 39.9 Å². The minimum Gasteiger partial charge on any atom is -0.328 e. The average molecular weight is 249 g/mol. The molecule has 1 fully saturated rings. The molecular weight excluding hydrogens is 230 g/mol. The Morgan fingerprint density at radius 3 is 2.61 bits per heavy atom. The van der Waals surface area contributed by atoms with Crippen LogP contribution in [0.25, 0.3) is 0 Å². The predicted octanol–water partition coefficient (Wildman–Crippen LogP) is 1.61. The van der Waals surface area contributed by atoms with Gasteiger partial charge in [0.1, 0.15) is 0 Å². The fourth-order valence-electron chi connectivity index (χ4n) is 2.41. The lowest BCUT2D eigenvalue weighted by atomic mass is 10.1. The largest absolute Gasteiger partial charge is 0.328 e. The summed E-state index contributed by atoms with van der Waals surface area (Å²) in [7, 11) is 0. The number of benzene rings is 1. The molecule has 3 N–H and O–H groups in total. The molecule has 1 aromatic rings. The van der Waals surface area contributed by atoms with Crippen LogP contribution in [-0.2, 0) is 6.42 Å². The van der Waals surface area contributed by atoms with Crippen LogP contribution < -0.4 is 11.1 Å². The Hall–Kier alpha value is -1.46. The van der Waals surface area contributed by atoms with Gasteiger partial charge in [-0.05, 0) is 37.8 Å². The molecule has 5 heteroatoms. The number of rotatable bonds is 5. The van der Waals surface area contributed by atoms with Crippen molar-refractivity contribution in [2.24, 2.45) is 5.73 Å². The van der Waals surface area contributed by atoms with Gasteiger partial charge >= 0.3 is 0 Å². The fourth-order valence-corrected chi connectivity index (χ4v) is 2.41. The van der Waals surface area contributed by atoms with Crippen LogP contribution in [0, 0.1) is 10.1 Å². The fraction of sp³-hybridized carbons (Fsp3) is 0.538. The summed E-state index contributed by atoms with van der Waals surface area (Å²) in [6.45, 7) is 0.898. The summed E-state index contributed by atoms with van der Waals surface area (Å²) in [5, 5.41) is 14.0. The average Bonchev–Trinajstić information content (AvgIpc) is 2.76. The van der Waals surface area contributed by atoms with Crippen molar-refractivity contribution in [2.45, 2.75) is 37.8 Å². The summed E-state index contributed by atoms with van der Waals surface area (Å²) < 4.78 is 0. The van der Waals surface area contributed by atoms with E-state index in [1.54, 1.807) is 12.1 Å². The number of nitro groups is 1. The van der Waals surface area contributed by atoms with Crippen LogP contribution in [0.15, 0.2) is 24.3 Å². The zero-order valence-corrected chi connectivity index (χ0v) is 10.3. The van der Waals surface area contributed by atoms with Crippen LogP contribution >= 0.6 is 0 Å². The van der Waals surface area contributed by atoms with Gasteiger partial charge in [0, 0.05) is 24.2 Å². The molecule has 0 amide bonds. The quantitative estimate of drug-likeness (QED) is 0.613. The van der Waals surface area contributed by atoms with Crippen molar-refractivity contribution in [3.63, 3.8) is 0 Å². The van der Waals surface area contributed by atoms with E-state index in [0.717, 1.165) is 37.8 Å². The number of non-ortho nitro benzene ring substituents is 1. The molecule has 1 aromatic carbocycles. The predicted molar refractivity (Wildman–Crippen MR) is 70.4 cm³/mol. The minimum atomic E-state index is -0.373. The molecule has 5 nitrogen and oxygen atoms in total. The molecule has 98 valence electrons. The third kappa shape index (κ3) is 3.51. The van der Waals surface area contributed by atoms with Gasteiger partial charge in [-0.1, -0.05) is 12.1 Å². The zero-order chi connectivity index (χ0) is 13.0. The monoisotopic (exact) mass is 249 g/mol. The van der Waals surface area contributed by atoms with Crippen LogP contribution in [0.5, 0.6) is 0 Å². The molecule has 2 atom stereocenters. The van der Waals surface area contributed by atoms with Crippen molar-refractivity contribution in [1.29, 1.82) is 0 Å². The second-order valence-electron chi connectivity index (χ2n) is 4.90. The van der Waals surface area contributed by atoms with Gasteiger partial charge in [0.15, 0.2) is 0 Å². The number of nitrogens with one attached hydrogen (secondary N) is 1. The van der Waals surface area contributed by atoms with Gasteiger partial charge in [-0.25, -0.2) is 0 Å². The zero-order valence-electron chi connectivity index (χ0n) is 10.3. The van der Waals surface area contributed by atoms with Crippen LogP contribution in [0.2, 0.25) is 0 Å². The maximum absolute atomic E-state index is 10.5. The molecule has 2 rings (SSSR count). The first-order chi connectivity index (χ1) is 8.65. The molecule has 0 heterocycles. The van der Waals surface area contributed by atoms with Gasteiger partial charge in [0.05, 0.1) is 4.92 Å². The highest BCUT2D eigenvalue weighted by molar-refractivity contribution is 5.32. The van der Waals surface area contributed by atoms with Crippen LogP contribution in [-0.4, -0.2) is 23.6 Å². The van der Waals surface area contributed by atoms with Gasteiger partial charge in [-0.2, -0.15) is 0 Å². The van der Waals surface area contributed by atoms with Gasteiger partial charge in [0.25, 0.3) is 5.69 Å². The smallest absolute Gasteiger partial charge is 0.269 e. The Labute approximate surface area is 107 Å². The Morgan fingerprint density at radius 2 is 2.06 bits per heavy atom. The van der Waals surface area contributed by atoms with Crippen molar-refractivity contribution >= 4 is 5.69 Å². The van der Waals surface area contributed by atoms with Crippen molar-refractivity contribution < 1.29 is 4.92 Å². The van der Waals surface area contributed by atoms with Crippen molar-refractivity contribution in [2.75, 3.05) is 6.54 Å². The summed E-state index contributed by atoms with van der Waals surface area (Å²) in [5.41, 5.74) is 7.12. The number of nitro benzene ring substituents is 1. The summed E-state index contributed by atoms with van der Waals surface area (Å²) in [6.07, 6.45) is 4.21. The molecule has 0 spiro atoms. The first-order valence-corrected chi connectivity index (χ1v) is 6.37. The van der Waals surface area contributed by atoms with Gasteiger partial charge in [0.2, 0.25) is 0 Å². The molecule has 18 heavy (non-hydrogen) atoms. The van der Waals surface area contributed by atoms with Crippen molar-refractivity contribution in [1.82, 2.24) is 5.32 Å². The van der Waals surface area contributed by atoms with E-state index in [2.05, 4.69) is 5.32 Å². The topological polar surface area (TPSA) is 81.2 Å². The number of nitrogens with two attached hydrogens (primary N) is 1. The summed E-state index contributed by atoms with van der Waals surface area (Å²) >= 11 is 0. The lowest BCUT2D eigenvalue weighted by molar-refractivity contribution is -0.384. The van der Waals surface area contributed by atoms with Crippen LogP contribution in [0.1, 0.15) is 24.8 Å². The van der Waals surface area contributed by atoms with E-state index in [4.69, 9.17) is 5.73 Å². The standard InChI is InChI=1S/C13H19N3O2/c14-11-3-4-12(9-11)15-8-7-10-1-5-13(6-2-10)16(17)18/h1-2,5-6,11-12,15H,3-4,7-9,14H2. The summed E-state index contributed by atoms with van der Waals surface area (Å²) in [4.78, 5) is 10.1. The third-order valence-electron chi connectivity index (χ3n) is 3.47. The molecule has 2 unspecified atom stereocenters. The highest BCUT2D eigenvalue weighted by Gasteiger charge is 2.20. The second kappa shape index (κ2) is 5.93. The molecule has 0 saturated heterocycles. The molecule has 0 aliphatic heterocycles. The molecule has 1 aliphatic carbocycles. The first kappa shape index (κ1) is 13.0. The molecular formula is C13H19N3O2. The summed E-state index contributed by atoms with van der Waals surface area (Å²) in [5.74, 6) is 0. The van der Waals surface area contributed by atoms with E-state index in [0.29, 0.717) is 12.1 Å². The van der Waals surface area contributed by atoms with E-state index in [-0.39, 0.29) is 10.6 Å². The number of hydrogen-bond donors (Lipinski definition) is 2. The molecule has 0 bridgehead atoms. The highest BCUT2D eigenvalue weighted by Crippen LogP contribution is 2.17. The van der Waals surface area contributed by atoms with E-state index >= 15 is 0 Å².